The highest BCUT2D eigenvalue weighted by Crippen LogP contribution is 2.24. The quantitative estimate of drug-likeness (QED) is 0.420. The monoisotopic (exact) mass is 268 g/mol. The van der Waals surface area contributed by atoms with Crippen molar-refractivity contribution in [3.8, 4) is 5.75 Å². The lowest BCUT2D eigenvalue weighted by molar-refractivity contribution is -0.145. The third kappa shape index (κ3) is 5.48. The van der Waals surface area contributed by atoms with Crippen LogP contribution in [0.25, 0.3) is 0 Å². The first-order chi connectivity index (χ1) is 9.17. The number of carbonyl (C=O) groups excluding carboxylic acids is 1. The molecule has 0 aliphatic rings. The lowest BCUT2D eigenvalue weighted by atomic mass is 10.2. The van der Waals surface area contributed by atoms with Crippen molar-refractivity contribution >= 4 is 17.3 Å². The van der Waals surface area contributed by atoms with Gasteiger partial charge in [0.1, 0.15) is 5.75 Å². The molecule has 0 saturated carbocycles. The minimum Gasteiger partial charge on any atom is -0.482 e. The Bertz CT molecular complexity index is 410. The molecule has 0 atom stereocenters. The number of methoxy groups -OCH3 is 1. The number of esters is 1. The van der Waals surface area contributed by atoms with Gasteiger partial charge in [-0.05, 0) is 19.1 Å². The number of anilines is 2. The Labute approximate surface area is 112 Å². The second kappa shape index (κ2) is 8.20. The van der Waals surface area contributed by atoms with Crippen LogP contribution in [0, 0.1) is 0 Å². The van der Waals surface area contributed by atoms with Gasteiger partial charge in [0, 0.05) is 19.7 Å². The van der Waals surface area contributed by atoms with Crippen molar-refractivity contribution in [3.63, 3.8) is 0 Å². The van der Waals surface area contributed by atoms with E-state index in [0.29, 0.717) is 31.2 Å². The zero-order valence-electron chi connectivity index (χ0n) is 11.3. The maximum Gasteiger partial charge on any atom is 0.344 e. The fraction of sp³-hybridized carbons (Fsp3) is 0.462. The fourth-order valence-electron chi connectivity index (χ4n) is 1.42. The van der Waals surface area contributed by atoms with E-state index < -0.39 is 5.97 Å². The number of ether oxygens (including phenoxy) is 3. The van der Waals surface area contributed by atoms with Gasteiger partial charge in [0.15, 0.2) is 6.61 Å². The maximum absolute atomic E-state index is 11.1. The van der Waals surface area contributed by atoms with Crippen molar-refractivity contribution in [1.29, 1.82) is 0 Å². The molecule has 0 heterocycles. The maximum atomic E-state index is 11.1. The Balaban J connectivity index is 2.49. The number of nitrogen functional groups attached to an aromatic ring is 1. The van der Waals surface area contributed by atoms with E-state index in [0.717, 1.165) is 5.69 Å². The van der Waals surface area contributed by atoms with E-state index >= 15 is 0 Å². The van der Waals surface area contributed by atoms with E-state index in [2.05, 4.69) is 5.32 Å². The van der Waals surface area contributed by atoms with Crippen molar-refractivity contribution in [2.45, 2.75) is 6.92 Å². The highest BCUT2D eigenvalue weighted by molar-refractivity contribution is 5.72. The standard InChI is InChI=1S/C13H20N2O4/c1-3-18-13(16)9-19-10-4-5-12(11(14)8-10)15-6-7-17-2/h4-5,8,15H,3,6-7,9,14H2,1-2H3. The van der Waals surface area contributed by atoms with E-state index in [1.54, 1.807) is 32.2 Å². The first-order valence-corrected chi connectivity index (χ1v) is 6.08. The molecule has 0 saturated heterocycles. The van der Waals surface area contributed by atoms with Crippen molar-refractivity contribution in [3.05, 3.63) is 18.2 Å². The predicted molar refractivity (Wildman–Crippen MR) is 73.3 cm³/mol. The summed E-state index contributed by atoms with van der Waals surface area (Å²) in [6.45, 7) is 3.23. The van der Waals surface area contributed by atoms with Gasteiger partial charge in [-0.25, -0.2) is 4.79 Å². The van der Waals surface area contributed by atoms with Crippen LogP contribution in [0.5, 0.6) is 5.75 Å². The molecule has 0 aliphatic carbocycles. The van der Waals surface area contributed by atoms with Gasteiger partial charge in [-0.2, -0.15) is 0 Å². The molecule has 0 bridgehead atoms. The van der Waals surface area contributed by atoms with Gasteiger partial charge in [0.05, 0.1) is 24.6 Å². The normalized spacial score (nSPS) is 10.0. The number of hydrogen-bond acceptors (Lipinski definition) is 6. The van der Waals surface area contributed by atoms with Gasteiger partial charge < -0.3 is 25.3 Å². The average Bonchev–Trinajstić information content (AvgIpc) is 2.39. The summed E-state index contributed by atoms with van der Waals surface area (Å²) in [7, 11) is 1.64. The van der Waals surface area contributed by atoms with Crippen LogP contribution in [-0.4, -0.2) is 39.4 Å². The van der Waals surface area contributed by atoms with Crippen LogP contribution in [0.4, 0.5) is 11.4 Å². The Hall–Kier alpha value is -1.95. The van der Waals surface area contributed by atoms with E-state index in [1.165, 1.54) is 0 Å². The second-order valence-corrected chi connectivity index (χ2v) is 3.76. The lowest BCUT2D eigenvalue weighted by Gasteiger charge is -2.11. The Morgan fingerprint density at radius 1 is 1.42 bits per heavy atom. The third-order valence-corrected chi connectivity index (χ3v) is 2.31. The topological polar surface area (TPSA) is 82.8 Å². The van der Waals surface area contributed by atoms with E-state index in [9.17, 15) is 4.79 Å². The summed E-state index contributed by atoms with van der Waals surface area (Å²) in [6, 6.07) is 5.20. The molecule has 0 fully saturated rings. The molecule has 0 aliphatic heterocycles. The van der Waals surface area contributed by atoms with Gasteiger partial charge in [-0.3, -0.25) is 0 Å². The minimum atomic E-state index is -0.400. The molecule has 6 nitrogen and oxygen atoms in total. The fourth-order valence-corrected chi connectivity index (χ4v) is 1.42. The molecule has 1 aromatic rings. The molecule has 0 amide bonds. The number of carbonyl (C=O) groups is 1. The summed E-state index contributed by atoms with van der Waals surface area (Å²) in [5.74, 6) is 0.131. The number of benzene rings is 1. The predicted octanol–water partition coefficient (Wildman–Crippen LogP) is 1.27. The number of nitrogens with one attached hydrogen (secondary N) is 1. The summed E-state index contributed by atoms with van der Waals surface area (Å²) < 4.78 is 15.0. The Morgan fingerprint density at radius 2 is 2.21 bits per heavy atom. The van der Waals surface area contributed by atoms with Crippen LogP contribution in [0.15, 0.2) is 18.2 Å². The van der Waals surface area contributed by atoms with Gasteiger partial charge in [0.25, 0.3) is 0 Å². The minimum absolute atomic E-state index is 0.121. The first-order valence-electron chi connectivity index (χ1n) is 6.08. The van der Waals surface area contributed by atoms with Gasteiger partial charge in [-0.15, -0.1) is 0 Å². The Kier molecular flexibility index (Phi) is 6.52. The molecular formula is C13H20N2O4. The van der Waals surface area contributed by atoms with Crippen molar-refractivity contribution in [1.82, 2.24) is 0 Å². The summed E-state index contributed by atoms with van der Waals surface area (Å²) in [4.78, 5) is 11.1. The zero-order chi connectivity index (χ0) is 14.1. The lowest BCUT2D eigenvalue weighted by Crippen LogP contribution is -2.14. The molecule has 6 heteroatoms. The first kappa shape index (κ1) is 15.1. The van der Waals surface area contributed by atoms with Gasteiger partial charge >= 0.3 is 5.97 Å². The van der Waals surface area contributed by atoms with Crippen LogP contribution < -0.4 is 15.8 Å². The molecule has 0 unspecified atom stereocenters. The zero-order valence-corrected chi connectivity index (χ0v) is 11.3. The van der Waals surface area contributed by atoms with Crippen LogP contribution in [0.2, 0.25) is 0 Å². The largest absolute Gasteiger partial charge is 0.482 e. The van der Waals surface area contributed by atoms with Crippen molar-refractivity contribution in [2.75, 3.05) is 44.5 Å². The summed E-state index contributed by atoms with van der Waals surface area (Å²) in [6.07, 6.45) is 0. The number of rotatable bonds is 8. The van der Waals surface area contributed by atoms with E-state index in [4.69, 9.17) is 19.9 Å². The van der Waals surface area contributed by atoms with Crippen LogP contribution >= 0.6 is 0 Å². The highest BCUT2D eigenvalue weighted by Gasteiger charge is 2.05. The Morgan fingerprint density at radius 3 is 2.84 bits per heavy atom. The third-order valence-electron chi connectivity index (χ3n) is 2.31. The molecular weight excluding hydrogens is 248 g/mol. The summed E-state index contributed by atoms with van der Waals surface area (Å²) in [5, 5.41) is 3.13. The molecule has 3 N–H and O–H groups in total. The van der Waals surface area contributed by atoms with Gasteiger partial charge in [-0.1, -0.05) is 0 Å². The van der Waals surface area contributed by atoms with Gasteiger partial charge in [0.2, 0.25) is 0 Å². The van der Waals surface area contributed by atoms with Crippen molar-refractivity contribution < 1.29 is 19.0 Å². The van der Waals surface area contributed by atoms with Crippen LogP contribution in [0.3, 0.4) is 0 Å². The molecule has 1 aromatic carbocycles. The van der Waals surface area contributed by atoms with Crippen molar-refractivity contribution in [2.24, 2.45) is 0 Å². The van der Waals surface area contributed by atoms with Crippen LogP contribution in [-0.2, 0) is 14.3 Å². The molecule has 0 spiro atoms. The second-order valence-electron chi connectivity index (χ2n) is 3.76. The average molecular weight is 268 g/mol. The molecule has 106 valence electrons. The smallest absolute Gasteiger partial charge is 0.344 e. The highest BCUT2D eigenvalue weighted by atomic mass is 16.6. The summed E-state index contributed by atoms with van der Waals surface area (Å²) >= 11 is 0. The van der Waals surface area contributed by atoms with E-state index in [-0.39, 0.29) is 6.61 Å². The summed E-state index contributed by atoms with van der Waals surface area (Å²) in [5.41, 5.74) is 7.23. The number of nitrogens with two attached hydrogens (primary N) is 1. The SMILES string of the molecule is CCOC(=O)COc1ccc(NCCOC)c(N)c1. The van der Waals surface area contributed by atoms with E-state index in [1.807, 2.05) is 0 Å². The molecule has 0 radical (unpaired) electrons. The molecule has 1 rings (SSSR count). The van der Waals surface area contributed by atoms with Crippen LogP contribution in [0.1, 0.15) is 6.92 Å². The molecule has 19 heavy (non-hydrogen) atoms. The molecule has 0 aromatic heterocycles. The number of hydrogen-bond donors (Lipinski definition) is 2.